The van der Waals surface area contributed by atoms with Gasteiger partial charge in [-0.3, -0.25) is 14.4 Å². The predicted octanol–water partition coefficient (Wildman–Crippen LogP) is 4.02. The van der Waals surface area contributed by atoms with E-state index in [1.165, 1.54) is 19.3 Å². The van der Waals surface area contributed by atoms with E-state index in [1.807, 2.05) is 24.3 Å². The highest BCUT2D eigenvalue weighted by Crippen LogP contribution is 2.60. The lowest BCUT2D eigenvalue weighted by Gasteiger charge is -2.55. The maximum Gasteiger partial charge on any atom is 0.408 e. The predicted molar refractivity (Wildman–Crippen MR) is 151 cm³/mol. The summed E-state index contributed by atoms with van der Waals surface area (Å²) in [5, 5.41) is 18.3. The summed E-state index contributed by atoms with van der Waals surface area (Å²) in [4.78, 5) is 52.2. The van der Waals surface area contributed by atoms with Crippen molar-refractivity contribution in [2.75, 3.05) is 0 Å². The minimum atomic E-state index is -1.44. The molecule has 2 aromatic rings. The summed E-state index contributed by atoms with van der Waals surface area (Å²) in [7, 11) is 0. The van der Waals surface area contributed by atoms with Crippen LogP contribution in [0.3, 0.4) is 0 Å². The number of benzene rings is 2. The first kappa shape index (κ1) is 28.6. The standard InChI is InChI=1S/C32H39N3O6/c1-20(34-30(39)32-16-23-12-24(17-32)14-25(13-23)18-32)33-28(36)27(26(29(37)38)15-21-8-4-2-5-9-21)35-31(40)41-19-22-10-6-3-7-11-22/h2-11,20,23-27H,12-19H2,1H3,(H,33,36)(H,34,39)(H,35,40)(H,37,38)/t20-,23?,24?,25?,26?,27-,32?/m0/s1. The fraction of sp³-hybridized carbons (Fsp3) is 0.500. The summed E-state index contributed by atoms with van der Waals surface area (Å²) in [5.41, 5.74) is 1.08. The van der Waals surface area contributed by atoms with Crippen molar-refractivity contribution in [3.8, 4) is 0 Å². The van der Waals surface area contributed by atoms with Gasteiger partial charge in [0.15, 0.2) is 0 Å². The van der Waals surface area contributed by atoms with Gasteiger partial charge >= 0.3 is 12.1 Å². The van der Waals surface area contributed by atoms with Crippen molar-refractivity contribution in [3.05, 3.63) is 71.8 Å². The molecule has 0 heterocycles. The zero-order valence-corrected chi connectivity index (χ0v) is 23.4. The molecule has 2 aromatic carbocycles. The normalized spacial score (nSPS) is 26.3. The van der Waals surface area contributed by atoms with E-state index in [2.05, 4.69) is 16.0 Å². The summed E-state index contributed by atoms with van der Waals surface area (Å²) in [6.07, 6.45) is 4.67. The van der Waals surface area contributed by atoms with Crippen molar-refractivity contribution in [2.45, 2.75) is 70.7 Å². The second-order valence-corrected chi connectivity index (χ2v) is 12.2. The third kappa shape index (κ3) is 6.89. The van der Waals surface area contributed by atoms with E-state index in [4.69, 9.17) is 4.74 Å². The molecule has 4 bridgehead atoms. The van der Waals surface area contributed by atoms with Gasteiger partial charge < -0.3 is 25.8 Å². The number of alkyl carbamates (subject to hydrolysis) is 1. The van der Waals surface area contributed by atoms with E-state index in [-0.39, 0.29) is 24.3 Å². The average molecular weight is 562 g/mol. The van der Waals surface area contributed by atoms with Crippen LogP contribution in [0.5, 0.6) is 0 Å². The molecule has 3 atom stereocenters. The summed E-state index contributed by atoms with van der Waals surface area (Å²) in [5.74, 6) is -1.46. The Balaban J connectivity index is 1.26. The van der Waals surface area contributed by atoms with Crippen LogP contribution in [-0.2, 0) is 32.1 Å². The van der Waals surface area contributed by atoms with Crippen LogP contribution in [-0.4, -0.2) is 41.2 Å². The van der Waals surface area contributed by atoms with Crippen LogP contribution < -0.4 is 16.0 Å². The van der Waals surface area contributed by atoms with Crippen LogP contribution in [0.2, 0.25) is 0 Å². The molecule has 0 radical (unpaired) electrons. The molecule has 4 fully saturated rings. The molecular formula is C32H39N3O6. The van der Waals surface area contributed by atoms with Crippen LogP contribution >= 0.6 is 0 Å². The summed E-state index contributed by atoms with van der Waals surface area (Å²) in [6, 6.07) is 16.5. The molecule has 6 rings (SSSR count). The highest BCUT2D eigenvalue weighted by atomic mass is 16.5. The highest BCUT2D eigenvalue weighted by molar-refractivity contribution is 5.91. The maximum atomic E-state index is 13.5. The van der Waals surface area contributed by atoms with Crippen LogP contribution in [0.1, 0.15) is 56.6 Å². The molecule has 0 aromatic heterocycles. The third-order valence-corrected chi connectivity index (χ3v) is 9.01. The van der Waals surface area contributed by atoms with Gasteiger partial charge in [-0.25, -0.2) is 4.79 Å². The fourth-order valence-electron chi connectivity index (χ4n) is 7.53. The number of hydrogen-bond acceptors (Lipinski definition) is 5. The van der Waals surface area contributed by atoms with Gasteiger partial charge in [-0.15, -0.1) is 0 Å². The Kier molecular flexibility index (Phi) is 8.61. The van der Waals surface area contributed by atoms with Crippen LogP contribution in [0.4, 0.5) is 4.79 Å². The second kappa shape index (κ2) is 12.3. The molecule has 4 aliphatic carbocycles. The van der Waals surface area contributed by atoms with E-state index in [9.17, 15) is 24.3 Å². The number of nitrogens with one attached hydrogen (secondary N) is 3. The van der Waals surface area contributed by atoms with E-state index >= 15 is 0 Å². The monoisotopic (exact) mass is 561 g/mol. The third-order valence-electron chi connectivity index (χ3n) is 9.01. The Bertz CT molecular complexity index is 1220. The molecule has 1 unspecified atom stereocenters. The van der Waals surface area contributed by atoms with Gasteiger partial charge in [-0.2, -0.15) is 0 Å². The number of ether oxygens (including phenoxy) is 1. The van der Waals surface area contributed by atoms with Gasteiger partial charge in [0.05, 0.1) is 17.5 Å². The van der Waals surface area contributed by atoms with Crippen molar-refractivity contribution in [2.24, 2.45) is 29.1 Å². The minimum absolute atomic E-state index is 0.0151. The Morgan fingerprint density at radius 3 is 1.90 bits per heavy atom. The van der Waals surface area contributed by atoms with E-state index in [0.29, 0.717) is 23.3 Å². The number of amides is 3. The van der Waals surface area contributed by atoms with Gasteiger partial charge in [0, 0.05) is 0 Å². The minimum Gasteiger partial charge on any atom is -0.481 e. The number of carboxylic acids is 1. The van der Waals surface area contributed by atoms with Gasteiger partial charge in [0.1, 0.15) is 12.6 Å². The lowest BCUT2D eigenvalue weighted by Crippen LogP contribution is -2.60. The van der Waals surface area contributed by atoms with Crippen molar-refractivity contribution in [1.82, 2.24) is 16.0 Å². The molecule has 4 saturated carbocycles. The van der Waals surface area contributed by atoms with Crippen molar-refractivity contribution in [3.63, 3.8) is 0 Å². The molecule has 9 nitrogen and oxygen atoms in total. The van der Waals surface area contributed by atoms with Crippen molar-refractivity contribution < 1.29 is 29.0 Å². The first-order chi connectivity index (χ1) is 19.7. The van der Waals surface area contributed by atoms with Crippen LogP contribution in [0.15, 0.2) is 60.7 Å². The van der Waals surface area contributed by atoms with Gasteiger partial charge in [-0.1, -0.05) is 60.7 Å². The summed E-state index contributed by atoms with van der Waals surface area (Å²) in [6.45, 7) is 1.63. The molecular weight excluding hydrogens is 522 g/mol. The molecule has 4 N–H and O–H groups in total. The highest BCUT2D eigenvalue weighted by Gasteiger charge is 2.54. The summed E-state index contributed by atoms with van der Waals surface area (Å²) < 4.78 is 5.30. The SMILES string of the molecule is C[C@@H](NC(=O)[C@@H](NC(=O)OCc1ccccc1)C(Cc1ccccc1)C(=O)O)NC(=O)C12CC3CC(CC(C3)C1)C2. The first-order valence-corrected chi connectivity index (χ1v) is 14.6. The number of hydrogen-bond donors (Lipinski definition) is 4. The smallest absolute Gasteiger partial charge is 0.408 e. The largest absolute Gasteiger partial charge is 0.481 e. The number of carbonyl (C=O) groups is 4. The second-order valence-electron chi connectivity index (χ2n) is 12.2. The van der Waals surface area contributed by atoms with Crippen molar-refractivity contribution in [1.29, 1.82) is 0 Å². The zero-order chi connectivity index (χ0) is 29.0. The Labute approximate surface area is 240 Å². The zero-order valence-electron chi connectivity index (χ0n) is 23.4. The van der Waals surface area contributed by atoms with Crippen molar-refractivity contribution >= 4 is 23.9 Å². The van der Waals surface area contributed by atoms with Crippen LogP contribution in [0.25, 0.3) is 0 Å². The molecule has 0 spiro atoms. The molecule has 0 aliphatic heterocycles. The quantitative estimate of drug-likeness (QED) is 0.306. The van der Waals surface area contributed by atoms with Gasteiger partial charge in [0.25, 0.3) is 0 Å². The van der Waals surface area contributed by atoms with Gasteiger partial charge in [0.2, 0.25) is 11.8 Å². The Morgan fingerprint density at radius 2 is 1.37 bits per heavy atom. The van der Waals surface area contributed by atoms with Crippen LogP contribution in [0, 0.1) is 29.1 Å². The lowest BCUT2D eigenvalue weighted by molar-refractivity contribution is -0.148. The number of rotatable bonds is 11. The topological polar surface area (TPSA) is 134 Å². The molecule has 0 saturated heterocycles. The molecule has 3 amide bonds. The summed E-state index contributed by atoms with van der Waals surface area (Å²) >= 11 is 0. The lowest BCUT2D eigenvalue weighted by atomic mass is 9.49. The molecule has 218 valence electrons. The first-order valence-electron chi connectivity index (χ1n) is 14.6. The maximum absolute atomic E-state index is 13.5. The number of carbonyl (C=O) groups excluding carboxylic acids is 3. The number of carboxylic acid groups (broad SMARTS) is 1. The fourth-order valence-corrected chi connectivity index (χ4v) is 7.53. The Hall–Kier alpha value is -3.88. The van der Waals surface area contributed by atoms with E-state index in [1.54, 1.807) is 43.3 Å². The Morgan fingerprint density at radius 1 is 0.829 bits per heavy atom. The average Bonchev–Trinajstić information content (AvgIpc) is 2.94. The molecule has 9 heteroatoms. The van der Waals surface area contributed by atoms with E-state index < -0.39 is 36.1 Å². The molecule has 41 heavy (non-hydrogen) atoms. The number of aliphatic carboxylic acids is 1. The molecule has 4 aliphatic rings. The van der Waals surface area contributed by atoms with E-state index in [0.717, 1.165) is 24.8 Å². The van der Waals surface area contributed by atoms with Gasteiger partial charge in [-0.05, 0) is 80.8 Å².